The van der Waals surface area contributed by atoms with Gasteiger partial charge in [-0.15, -0.1) is 0 Å². The van der Waals surface area contributed by atoms with Crippen LogP contribution >= 0.6 is 0 Å². The molecule has 2 aromatic carbocycles. The van der Waals surface area contributed by atoms with Gasteiger partial charge in [0.25, 0.3) is 5.91 Å². The Kier molecular flexibility index (Phi) is 8.38. The first-order valence-corrected chi connectivity index (χ1v) is 14.0. The van der Waals surface area contributed by atoms with Crippen LogP contribution in [0.4, 0.5) is 22.9 Å². The molecule has 3 aromatic rings. The van der Waals surface area contributed by atoms with Crippen molar-refractivity contribution in [3.8, 4) is 5.75 Å². The SMILES string of the molecule is COc1ccccc1CNc1cc(Nc2ccc(N3CCN(S(=O)(=O)C(C)C)CC3)cc2)ncc1C(N)=O. The van der Waals surface area contributed by atoms with Gasteiger partial charge in [-0.1, -0.05) is 18.2 Å². The fourth-order valence-corrected chi connectivity index (χ4v) is 5.58. The first-order chi connectivity index (χ1) is 18.2. The molecule has 1 aromatic heterocycles. The lowest BCUT2D eigenvalue weighted by atomic mass is 10.1. The second-order valence-corrected chi connectivity index (χ2v) is 11.8. The number of aromatic nitrogens is 1. The Morgan fingerprint density at radius 3 is 2.39 bits per heavy atom. The number of ether oxygens (including phenoxy) is 1. The van der Waals surface area contributed by atoms with Crippen molar-refractivity contribution < 1.29 is 17.9 Å². The molecular formula is C27H34N6O4S. The summed E-state index contributed by atoms with van der Waals surface area (Å²) in [6, 6.07) is 17.3. The van der Waals surface area contributed by atoms with Gasteiger partial charge in [-0.3, -0.25) is 4.79 Å². The first kappa shape index (κ1) is 27.2. The number of nitrogens with zero attached hydrogens (tertiary/aromatic N) is 3. The summed E-state index contributed by atoms with van der Waals surface area (Å²) in [5.74, 6) is 0.728. The molecule has 4 N–H and O–H groups in total. The highest BCUT2D eigenvalue weighted by Gasteiger charge is 2.29. The number of carbonyl (C=O) groups is 1. The second kappa shape index (κ2) is 11.7. The summed E-state index contributed by atoms with van der Waals surface area (Å²) in [6.07, 6.45) is 1.45. The smallest absolute Gasteiger partial charge is 0.252 e. The summed E-state index contributed by atoms with van der Waals surface area (Å²) in [7, 11) is -1.62. The van der Waals surface area contributed by atoms with Gasteiger partial charge >= 0.3 is 0 Å². The average molecular weight is 539 g/mol. The van der Waals surface area contributed by atoms with Crippen molar-refractivity contribution in [2.24, 2.45) is 5.73 Å². The molecule has 2 heterocycles. The van der Waals surface area contributed by atoms with Crippen LogP contribution < -0.4 is 26.0 Å². The quantitative estimate of drug-likeness (QED) is 0.358. The molecule has 1 amide bonds. The zero-order chi connectivity index (χ0) is 27.3. The van der Waals surface area contributed by atoms with Crippen molar-refractivity contribution in [2.45, 2.75) is 25.6 Å². The minimum absolute atomic E-state index is 0.291. The molecular weight excluding hydrogens is 504 g/mol. The Hall–Kier alpha value is -3.83. The van der Waals surface area contributed by atoms with E-state index in [1.807, 2.05) is 48.5 Å². The Morgan fingerprint density at radius 2 is 1.76 bits per heavy atom. The van der Waals surface area contributed by atoms with Gasteiger partial charge in [0.2, 0.25) is 10.0 Å². The predicted octanol–water partition coefficient (Wildman–Crippen LogP) is 3.41. The lowest BCUT2D eigenvalue weighted by Gasteiger charge is -2.36. The molecule has 202 valence electrons. The van der Waals surface area contributed by atoms with Crippen molar-refractivity contribution in [3.05, 3.63) is 71.9 Å². The molecule has 0 spiro atoms. The fourth-order valence-electron chi connectivity index (χ4n) is 4.31. The molecule has 11 heteroatoms. The van der Waals surface area contributed by atoms with Gasteiger partial charge in [-0.05, 0) is 44.2 Å². The summed E-state index contributed by atoms with van der Waals surface area (Å²) >= 11 is 0. The maximum atomic E-state index is 12.4. The lowest BCUT2D eigenvalue weighted by Crippen LogP contribution is -2.50. The molecule has 1 aliphatic heterocycles. The maximum absolute atomic E-state index is 12.4. The lowest BCUT2D eigenvalue weighted by molar-refractivity contribution is 0.100. The molecule has 0 saturated carbocycles. The number of rotatable bonds is 10. The van der Waals surface area contributed by atoms with Crippen LogP contribution in [0.3, 0.4) is 0 Å². The summed E-state index contributed by atoms with van der Waals surface area (Å²) in [5.41, 5.74) is 9.21. The zero-order valence-electron chi connectivity index (χ0n) is 21.8. The molecule has 4 rings (SSSR count). The topological polar surface area (TPSA) is 130 Å². The van der Waals surface area contributed by atoms with E-state index < -0.39 is 21.2 Å². The highest BCUT2D eigenvalue weighted by Crippen LogP contribution is 2.26. The predicted molar refractivity (Wildman–Crippen MR) is 151 cm³/mol. The van der Waals surface area contributed by atoms with Crippen LogP contribution in [0.25, 0.3) is 0 Å². The second-order valence-electron chi connectivity index (χ2n) is 9.30. The molecule has 0 atom stereocenters. The van der Waals surface area contributed by atoms with E-state index in [0.29, 0.717) is 49.8 Å². The standard InChI is InChI=1S/C27H34N6O4S/c1-19(2)38(35,36)33-14-12-32(13-15-33)22-10-8-21(9-11-22)31-26-16-24(23(18-30-26)27(28)34)29-17-20-6-4-5-7-25(20)37-3/h4-11,16,18-19H,12-15,17H2,1-3H3,(H2,28,34)(H2,29,30,31). The Bertz CT molecular complexity index is 1370. The van der Waals surface area contributed by atoms with E-state index in [4.69, 9.17) is 10.5 Å². The van der Waals surface area contributed by atoms with Gasteiger partial charge in [-0.25, -0.2) is 13.4 Å². The van der Waals surface area contributed by atoms with Gasteiger partial charge in [0.05, 0.1) is 23.6 Å². The number of piperazine rings is 1. The number of primary amides is 1. The normalized spacial score (nSPS) is 14.4. The fraction of sp³-hybridized carbons (Fsp3) is 0.333. The molecule has 0 aliphatic carbocycles. The van der Waals surface area contributed by atoms with Crippen LogP contribution in [0.15, 0.2) is 60.8 Å². The van der Waals surface area contributed by atoms with Crippen molar-refractivity contribution in [1.29, 1.82) is 0 Å². The third-order valence-corrected chi connectivity index (χ3v) is 8.81. The number of methoxy groups -OCH3 is 1. The van der Waals surface area contributed by atoms with Gasteiger partial charge < -0.3 is 26.0 Å². The monoisotopic (exact) mass is 538 g/mol. The van der Waals surface area contributed by atoms with E-state index >= 15 is 0 Å². The number of benzene rings is 2. The number of nitrogens with two attached hydrogens (primary N) is 1. The van der Waals surface area contributed by atoms with Crippen molar-refractivity contribution in [1.82, 2.24) is 9.29 Å². The molecule has 1 aliphatic rings. The molecule has 1 fully saturated rings. The first-order valence-electron chi connectivity index (χ1n) is 12.5. The van der Waals surface area contributed by atoms with Crippen LogP contribution in [0.2, 0.25) is 0 Å². The Labute approximate surface area is 223 Å². The molecule has 0 radical (unpaired) electrons. The maximum Gasteiger partial charge on any atom is 0.252 e. The summed E-state index contributed by atoms with van der Waals surface area (Å²) in [5, 5.41) is 6.12. The number of hydrogen-bond donors (Lipinski definition) is 3. The van der Waals surface area contributed by atoms with Crippen LogP contribution in [0.5, 0.6) is 5.75 Å². The number of nitrogens with one attached hydrogen (secondary N) is 2. The van der Waals surface area contributed by atoms with Crippen molar-refractivity contribution in [2.75, 3.05) is 48.8 Å². The molecule has 0 bridgehead atoms. The van der Waals surface area contributed by atoms with E-state index in [2.05, 4.69) is 20.5 Å². The average Bonchev–Trinajstić information content (AvgIpc) is 2.92. The highest BCUT2D eigenvalue weighted by molar-refractivity contribution is 7.89. The number of para-hydroxylation sites is 1. The zero-order valence-corrected chi connectivity index (χ0v) is 22.7. The van der Waals surface area contributed by atoms with Gasteiger partial charge in [0.15, 0.2) is 0 Å². The highest BCUT2D eigenvalue weighted by atomic mass is 32.2. The van der Waals surface area contributed by atoms with Crippen LogP contribution in [-0.4, -0.2) is 62.2 Å². The number of amides is 1. The Morgan fingerprint density at radius 1 is 1.08 bits per heavy atom. The van der Waals surface area contributed by atoms with E-state index in [1.165, 1.54) is 6.20 Å². The summed E-state index contributed by atoms with van der Waals surface area (Å²) in [4.78, 5) is 18.5. The van der Waals surface area contributed by atoms with Gasteiger partial charge in [-0.2, -0.15) is 4.31 Å². The van der Waals surface area contributed by atoms with Crippen molar-refractivity contribution in [3.63, 3.8) is 0 Å². The number of hydrogen-bond acceptors (Lipinski definition) is 8. The molecule has 38 heavy (non-hydrogen) atoms. The van der Waals surface area contributed by atoms with Gasteiger partial charge in [0.1, 0.15) is 11.6 Å². The largest absolute Gasteiger partial charge is 0.496 e. The van der Waals surface area contributed by atoms with Crippen LogP contribution in [0, 0.1) is 0 Å². The van der Waals surface area contributed by atoms with Crippen molar-refractivity contribution >= 4 is 38.8 Å². The van der Waals surface area contributed by atoms with Crippen LogP contribution in [0.1, 0.15) is 29.8 Å². The van der Waals surface area contributed by atoms with E-state index in [1.54, 1.807) is 31.3 Å². The summed E-state index contributed by atoms with van der Waals surface area (Å²) < 4.78 is 31.8. The molecule has 1 saturated heterocycles. The number of anilines is 4. The third kappa shape index (κ3) is 6.17. The third-order valence-electron chi connectivity index (χ3n) is 6.53. The number of sulfonamides is 1. The van der Waals surface area contributed by atoms with E-state index in [-0.39, 0.29) is 0 Å². The van der Waals surface area contributed by atoms with Gasteiger partial charge in [0, 0.05) is 61.9 Å². The van der Waals surface area contributed by atoms with E-state index in [9.17, 15) is 13.2 Å². The number of carbonyl (C=O) groups excluding carboxylic acids is 1. The minimum Gasteiger partial charge on any atom is -0.496 e. The summed E-state index contributed by atoms with van der Waals surface area (Å²) in [6.45, 7) is 6.08. The number of pyridine rings is 1. The molecule has 0 unspecified atom stereocenters. The molecule has 10 nitrogen and oxygen atoms in total. The minimum atomic E-state index is -3.23. The van der Waals surface area contributed by atoms with E-state index in [0.717, 1.165) is 22.7 Å². The Balaban J connectivity index is 1.42. The van der Waals surface area contributed by atoms with Crippen LogP contribution in [-0.2, 0) is 16.6 Å².